The van der Waals surface area contributed by atoms with E-state index in [9.17, 15) is 8.78 Å². The van der Waals surface area contributed by atoms with Gasteiger partial charge in [-0.05, 0) is 30.5 Å². The first kappa shape index (κ1) is 27.6. The Morgan fingerprint density at radius 1 is 0.743 bits per heavy atom. The van der Waals surface area contributed by atoms with E-state index in [1.54, 1.807) is 18.2 Å². The Hall–Kier alpha value is -1.98. The Labute approximate surface area is 210 Å². The second-order valence-electron chi connectivity index (χ2n) is 9.69. The van der Waals surface area contributed by atoms with Gasteiger partial charge in [0.15, 0.2) is 17.9 Å². The summed E-state index contributed by atoms with van der Waals surface area (Å²) < 4.78 is 46.7. The van der Waals surface area contributed by atoms with Gasteiger partial charge < -0.3 is 14.2 Å². The Morgan fingerprint density at radius 2 is 1.37 bits per heavy atom. The third-order valence-corrected chi connectivity index (χ3v) is 6.73. The molecule has 0 amide bonds. The van der Waals surface area contributed by atoms with Crippen LogP contribution in [0, 0.1) is 17.6 Å². The van der Waals surface area contributed by atoms with Gasteiger partial charge >= 0.3 is 0 Å². The van der Waals surface area contributed by atoms with Crippen LogP contribution in [0.25, 0.3) is 11.1 Å². The summed E-state index contributed by atoms with van der Waals surface area (Å²) in [5.74, 6) is -1.40. The van der Waals surface area contributed by atoms with Crippen LogP contribution in [0.1, 0.15) is 96.3 Å². The molecule has 1 aliphatic rings. The molecule has 0 saturated carbocycles. The van der Waals surface area contributed by atoms with Crippen LogP contribution < -0.4 is 4.74 Å². The van der Waals surface area contributed by atoms with E-state index in [-0.39, 0.29) is 11.3 Å². The number of halogens is 2. The lowest BCUT2D eigenvalue weighted by molar-refractivity contribution is -0.206. The molecule has 0 bridgehead atoms. The quantitative estimate of drug-likeness (QED) is 0.234. The zero-order valence-electron chi connectivity index (χ0n) is 21.5. The molecular formula is C30H42F2O3. The molecule has 0 aliphatic carbocycles. The van der Waals surface area contributed by atoms with E-state index in [2.05, 4.69) is 13.8 Å². The van der Waals surface area contributed by atoms with Crippen molar-refractivity contribution in [2.45, 2.75) is 90.8 Å². The molecule has 35 heavy (non-hydrogen) atoms. The smallest absolute Gasteiger partial charge is 0.201 e. The maximum absolute atomic E-state index is 14.8. The minimum Gasteiger partial charge on any atom is -0.490 e. The fourth-order valence-electron chi connectivity index (χ4n) is 4.51. The highest BCUT2D eigenvalue weighted by Gasteiger charge is 2.23. The molecular weight excluding hydrogens is 446 g/mol. The van der Waals surface area contributed by atoms with Gasteiger partial charge in [-0.1, -0.05) is 95.9 Å². The van der Waals surface area contributed by atoms with Crippen molar-refractivity contribution in [3.05, 3.63) is 53.6 Å². The first-order chi connectivity index (χ1) is 17.1. The first-order valence-corrected chi connectivity index (χ1v) is 13.6. The summed E-state index contributed by atoms with van der Waals surface area (Å²) in [6, 6.07) is 10.4. The highest BCUT2D eigenvalue weighted by Crippen LogP contribution is 2.32. The Morgan fingerprint density at radius 3 is 2.06 bits per heavy atom. The number of hydrogen-bond donors (Lipinski definition) is 0. The van der Waals surface area contributed by atoms with Crippen LogP contribution in [0.4, 0.5) is 8.78 Å². The summed E-state index contributed by atoms with van der Waals surface area (Å²) in [5.41, 5.74) is 1.72. The van der Waals surface area contributed by atoms with Crippen LogP contribution in [0.5, 0.6) is 5.75 Å². The van der Waals surface area contributed by atoms with E-state index in [0.29, 0.717) is 31.3 Å². The van der Waals surface area contributed by atoms with Gasteiger partial charge in [0.2, 0.25) is 5.82 Å². The molecule has 0 radical (unpaired) electrons. The third-order valence-electron chi connectivity index (χ3n) is 6.73. The number of benzene rings is 2. The van der Waals surface area contributed by atoms with Gasteiger partial charge in [-0.25, -0.2) is 4.39 Å². The van der Waals surface area contributed by atoms with Crippen molar-refractivity contribution in [2.75, 3.05) is 19.8 Å². The van der Waals surface area contributed by atoms with E-state index in [0.717, 1.165) is 37.7 Å². The fraction of sp³-hybridized carbons (Fsp3) is 0.600. The fourth-order valence-corrected chi connectivity index (χ4v) is 4.51. The van der Waals surface area contributed by atoms with Crippen LogP contribution in [-0.2, 0) is 9.47 Å². The van der Waals surface area contributed by atoms with Crippen LogP contribution >= 0.6 is 0 Å². The molecule has 5 heteroatoms. The standard InChI is InChI=1S/C30H42F2O3/c1-3-5-7-9-10-11-13-23-21-34-30(35-22-23)25-16-14-24(15-17-25)26-18-19-27(29(32)28(26)31)33-20-12-8-6-4-2/h14-19,23,30H,3-13,20-22H2,1-2H3. The Balaban J connectivity index is 1.48. The van der Waals surface area contributed by atoms with E-state index in [1.165, 1.54) is 44.6 Å². The maximum Gasteiger partial charge on any atom is 0.201 e. The van der Waals surface area contributed by atoms with Crippen molar-refractivity contribution in [2.24, 2.45) is 5.92 Å². The van der Waals surface area contributed by atoms with Crippen molar-refractivity contribution >= 4 is 0 Å². The van der Waals surface area contributed by atoms with Crippen LogP contribution in [-0.4, -0.2) is 19.8 Å². The highest BCUT2D eigenvalue weighted by molar-refractivity contribution is 5.65. The summed E-state index contributed by atoms with van der Waals surface area (Å²) in [6.07, 6.45) is 12.6. The summed E-state index contributed by atoms with van der Waals surface area (Å²) in [6.45, 7) is 6.15. The van der Waals surface area contributed by atoms with Gasteiger partial charge in [-0.3, -0.25) is 0 Å². The molecule has 0 N–H and O–H groups in total. The Bertz CT molecular complexity index is 861. The lowest BCUT2D eigenvalue weighted by atomic mass is 10.00. The minimum atomic E-state index is -0.933. The second kappa shape index (κ2) is 15.2. The van der Waals surface area contributed by atoms with Crippen LogP contribution in [0.15, 0.2) is 36.4 Å². The van der Waals surface area contributed by atoms with E-state index in [1.807, 2.05) is 12.1 Å². The number of unbranched alkanes of at least 4 members (excludes halogenated alkanes) is 8. The average molecular weight is 489 g/mol. The lowest BCUT2D eigenvalue weighted by Crippen LogP contribution is -2.27. The van der Waals surface area contributed by atoms with Gasteiger partial charge in [0.05, 0.1) is 19.8 Å². The summed E-state index contributed by atoms with van der Waals surface area (Å²) in [7, 11) is 0. The molecule has 1 saturated heterocycles. The largest absolute Gasteiger partial charge is 0.490 e. The van der Waals surface area contributed by atoms with E-state index < -0.39 is 17.9 Å². The zero-order valence-corrected chi connectivity index (χ0v) is 21.5. The predicted molar refractivity (Wildman–Crippen MR) is 138 cm³/mol. The van der Waals surface area contributed by atoms with Gasteiger partial charge in [0.25, 0.3) is 0 Å². The van der Waals surface area contributed by atoms with Crippen LogP contribution in [0.3, 0.4) is 0 Å². The zero-order chi connectivity index (χ0) is 24.9. The third kappa shape index (κ3) is 8.57. The SMILES string of the molecule is CCCCCCCCC1COC(c2ccc(-c3ccc(OCCCCCC)c(F)c3F)cc2)OC1. The predicted octanol–water partition coefficient (Wildman–Crippen LogP) is 9.00. The van der Waals surface area contributed by atoms with Gasteiger partial charge in [0.1, 0.15) is 0 Å². The van der Waals surface area contributed by atoms with Crippen molar-refractivity contribution in [1.82, 2.24) is 0 Å². The summed E-state index contributed by atoms with van der Waals surface area (Å²) in [5, 5.41) is 0. The molecule has 0 aromatic heterocycles. The number of rotatable bonds is 15. The average Bonchev–Trinajstić information content (AvgIpc) is 2.89. The second-order valence-corrected chi connectivity index (χ2v) is 9.69. The molecule has 0 unspecified atom stereocenters. The molecule has 1 fully saturated rings. The molecule has 3 nitrogen and oxygen atoms in total. The number of ether oxygens (including phenoxy) is 3. The van der Waals surface area contributed by atoms with E-state index in [4.69, 9.17) is 14.2 Å². The molecule has 3 rings (SSSR count). The van der Waals surface area contributed by atoms with E-state index >= 15 is 0 Å². The maximum atomic E-state index is 14.8. The molecule has 1 aliphatic heterocycles. The summed E-state index contributed by atoms with van der Waals surface area (Å²) in [4.78, 5) is 0. The molecule has 0 atom stereocenters. The topological polar surface area (TPSA) is 27.7 Å². The normalized spacial score (nSPS) is 18.1. The van der Waals surface area contributed by atoms with Crippen LogP contribution in [0.2, 0.25) is 0 Å². The lowest BCUT2D eigenvalue weighted by Gasteiger charge is -2.29. The number of hydrogen-bond acceptors (Lipinski definition) is 3. The van der Waals surface area contributed by atoms with Crippen molar-refractivity contribution < 1.29 is 23.0 Å². The monoisotopic (exact) mass is 488 g/mol. The minimum absolute atomic E-state index is 0.0288. The first-order valence-electron chi connectivity index (χ1n) is 13.6. The van der Waals surface area contributed by atoms with Gasteiger partial charge in [0, 0.05) is 17.0 Å². The molecule has 2 aromatic rings. The highest BCUT2D eigenvalue weighted by atomic mass is 19.2. The van der Waals surface area contributed by atoms with Crippen molar-refractivity contribution in [1.29, 1.82) is 0 Å². The molecule has 0 spiro atoms. The molecule has 1 heterocycles. The summed E-state index contributed by atoms with van der Waals surface area (Å²) >= 11 is 0. The molecule has 194 valence electrons. The van der Waals surface area contributed by atoms with Gasteiger partial charge in [-0.15, -0.1) is 0 Å². The van der Waals surface area contributed by atoms with Crippen molar-refractivity contribution in [3.8, 4) is 16.9 Å². The van der Waals surface area contributed by atoms with Gasteiger partial charge in [-0.2, -0.15) is 4.39 Å². The Kier molecular flexibility index (Phi) is 12.0. The van der Waals surface area contributed by atoms with Crippen molar-refractivity contribution in [3.63, 3.8) is 0 Å². The molecule has 2 aromatic carbocycles.